The SMILES string of the molecule is COc1ccc(S(=O)(=O)NCc2ccccn2)c(OC)c1C. The Morgan fingerprint density at radius 3 is 2.50 bits per heavy atom. The molecule has 0 aliphatic rings. The molecule has 0 saturated carbocycles. The minimum Gasteiger partial charge on any atom is -0.496 e. The summed E-state index contributed by atoms with van der Waals surface area (Å²) in [6, 6.07) is 8.39. The quantitative estimate of drug-likeness (QED) is 0.879. The highest BCUT2D eigenvalue weighted by molar-refractivity contribution is 7.89. The normalized spacial score (nSPS) is 11.2. The molecular formula is C15H18N2O4S. The summed E-state index contributed by atoms with van der Waals surface area (Å²) in [4.78, 5) is 4.16. The fourth-order valence-electron chi connectivity index (χ4n) is 2.08. The largest absolute Gasteiger partial charge is 0.496 e. The zero-order valence-corrected chi connectivity index (χ0v) is 13.5. The van der Waals surface area contributed by atoms with Crippen molar-refractivity contribution in [1.82, 2.24) is 9.71 Å². The number of hydrogen-bond donors (Lipinski definition) is 1. The lowest BCUT2D eigenvalue weighted by Crippen LogP contribution is -2.24. The van der Waals surface area contributed by atoms with Gasteiger partial charge in [0.1, 0.15) is 16.4 Å². The van der Waals surface area contributed by atoms with Crippen LogP contribution in [0.25, 0.3) is 0 Å². The zero-order valence-electron chi connectivity index (χ0n) is 12.7. The molecule has 7 heteroatoms. The van der Waals surface area contributed by atoms with Crippen molar-refractivity contribution in [3.63, 3.8) is 0 Å². The molecule has 0 unspecified atom stereocenters. The number of nitrogens with zero attached hydrogens (tertiary/aromatic N) is 1. The summed E-state index contributed by atoms with van der Waals surface area (Å²) in [6.07, 6.45) is 1.61. The van der Waals surface area contributed by atoms with Gasteiger partial charge in [-0.1, -0.05) is 6.07 Å². The van der Waals surface area contributed by atoms with Gasteiger partial charge in [-0.25, -0.2) is 13.1 Å². The Labute approximate surface area is 130 Å². The zero-order chi connectivity index (χ0) is 16.2. The van der Waals surface area contributed by atoms with Crippen molar-refractivity contribution in [2.45, 2.75) is 18.4 Å². The number of pyridine rings is 1. The molecule has 2 rings (SSSR count). The third kappa shape index (κ3) is 3.37. The second-order valence-corrected chi connectivity index (χ2v) is 6.31. The van der Waals surface area contributed by atoms with Gasteiger partial charge in [-0.05, 0) is 31.2 Å². The monoisotopic (exact) mass is 322 g/mol. The molecule has 0 aliphatic heterocycles. The van der Waals surface area contributed by atoms with Gasteiger partial charge in [-0.2, -0.15) is 0 Å². The molecule has 1 heterocycles. The summed E-state index contributed by atoms with van der Waals surface area (Å²) in [5.41, 5.74) is 1.26. The summed E-state index contributed by atoms with van der Waals surface area (Å²) in [7, 11) is -0.766. The van der Waals surface area contributed by atoms with E-state index in [4.69, 9.17) is 9.47 Å². The van der Waals surface area contributed by atoms with Gasteiger partial charge in [0.05, 0.1) is 26.5 Å². The van der Waals surface area contributed by atoms with E-state index in [9.17, 15) is 8.42 Å². The fourth-order valence-corrected chi connectivity index (χ4v) is 3.31. The number of benzene rings is 1. The Kier molecular flexibility index (Phi) is 4.99. The fraction of sp³-hybridized carbons (Fsp3) is 0.267. The topological polar surface area (TPSA) is 77.5 Å². The summed E-state index contributed by atoms with van der Waals surface area (Å²) in [5, 5.41) is 0. The van der Waals surface area contributed by atoms with E-state index in [0.29, 0.717) is 17.0 Å². The highest BCUT2D eigenvalue weighted by Gasteiger charge is 2.22. The van der Waals surface area contributed by atoms with Crippen LogP contribution in [0.3, 0.4) is 0 Å². The van der Waals surface area contributed by atoms with Gasteiger partial charge in [-0.15, -0.1) is 0 Å². The number of aromatic nitrogens is 1. The van der Waals surface area contributed by atoms with Crippen LogP contribution in [-0.2, 0) is 16.6 Å². The number of nitrogens with one attached hydrogen (secondary N) is 1. The van der Waals surface area contributed by atoms with Gasteiger partial charge >= 0.3 is 0 Å². The molecule has 0 bridgehead atoms. The Hall–Kier alpha value is -2.12. The molecule has 0 amide bonds. The van der Waals surface area contributed by atoms with Crippen LogP contribution >= 0.6 is 0 Å². The lowest BCUT2D eigenvalue weighted by molar-refractivity contribution is 0.380. The Morgan fingerprint density at radius 1 is 1.14 bits per heavy atom. The Morgan fingerprint density at radius 2 is 1.91 bits per heavy atom. The van der Waals surface area contributed by atoms with Gasteiger partial charge in [0.15, 0.2) is 0 Å². The van der Waals surface area contributed by atoms with Crippen molar-refractivity contribution in [1.29, 1.82) is 0 Å². The summed E-state index contributed by atoms with van der Waals surface area (Å²) in [6.45, 7) is 1.85. The molecule has 0 fully saturated rings. The summed E-state index contributed by atoms with van der Waals surface area (Å²) >= 11 is 0. The number of hydrogen-bond acceptors (Lipinski definition) is 5. The van der Waals surface area contributed by atoms with Gasteiger partial charge < -0.3 is 9.47 Å². The molecule has 0 atom stereocenters. The molecular weight excluding hydrogens is 304 g/mol. The van der Waals surface area contributed by atoms with Crippen LogP contribution in [0.4, 0.5) is 0 Å². The molecule has 2 aromatic rings. The molecule has 118 valence electrons. The number of rotatable bonds is 6. The van der Waals surface area contributed by atoms with Gasteiger partial charge in [0, 0.05) is 11.8 Å². The van der Waals surface area contributed by atoms with Crippen LogP contribution in [0.1, 0.15) is 11.3 Å². The molecule has 6 nitrogen and oxygen atoms in total. The van der Waals surface area contributed by atoms with Crippen LogP contribution in [-0.4, -0.2) is 27.6 Å². The Bertz CT molecular complexity index is 746. The molecule has 22 heavy (non-hydrogen) atoms. The van der Waals surface area contributed by atoms with E-state index >= 15 is 0 Å². The van der Waals surface area contributed by atoms with Gasteiger partial charge in [0.25, 0.3) is 0 Å². The van der Waals surface area contributed by atoms with E-state index in [1.54, 1.807) is 37.4 Å². The third-order valence-corrected chi connectivity index (χ3v) is 4.63. The molecule has 0 aliphatic carbocycles. The van der Waals surface area contributed by atoms with Gasteiger partial charge in [-0.3, -0.25) is 4.98 Å². The van der Waals surface area contributed by atoms with Crippen molar-refractivity contribution in [2.24, 2.45) is 0 Å². The van der Waals surface area contributed by atoms with Crippen molar-refractivity contribution >= 4 is 10.0 Å². The number of methoxy groups -OCH3 is 2. The first-order valence-electron chi connectivity index (χ1n) is 6.60. The van der Waals surface area contributed by atoms with E-state index in [0.717, 1.165) is 0 Å². The average molecular weight is 322 g/mol. The van der Waals surface area contributed by atoms with Crippen molar-refractivity contribution in [3.05, 3.63) is 47.8 Å². The maximum atomic E-state index is 12.5. The van der Waals surface area contributed by atoms with E-state index in [-0.39, 0.29) is 17.2 Å². The van der Waals surface area contributed by atoms with Crippen LogP contribution in [0.15, 0.2) is 41.4 Å². The predicted molar refractivity (Wildman–Crippen MR) is 82.5 cm³/mol. The van der Waals surface area contributed by atoms with E-state index < -0.39 is 10.0 Å². The molecule has 0 saturated heterocycles. The molecule has 1 aromatic carbocycles. The first kappa shape index (κ1) is 16.3. The van der Waals surface area contributed by atoms with Crippen LogP contribution in [0.5, 0.6) is 11.5 Å². The summed E-state index contributed by atoms with van der Waals surface area (Å²) < 4.78 is 37.9. The lowest BCUT2D eigenvalue weighted by atomic mass is 10.2. The highest BCUT2D eigenvalue weighted by Crippen LogP contribution is 2.33. The minimum absolute atomic E-state index is 0.0734. The van der Waals surface area contributed by atoms with Crippen LogP contribution < -0.4 is 14.2 Å². The Balaban J connectivity index is 2.31. The standard InChI is InChI=1S/C15H18N2O4S/c1-11-13(20-2)7-8-14(15(11)21-3)22(18,19)17-10-12-6-4-5-9-16-12/h4-9,17H,10H2,1-3H3. The van der Waals surface area contributed by atoms with Crippen molar-refractivity contribution < 1.29 is 17.9 Å². The maximum absolute atomic E-state index is 12.5. The number of ether oxygens (including phenoxy) is 2. The summed E-state index contributed by atoms with van der Waals surface area (Å²) in [5.74, 6) is 0.841. The lowest BCUT2D eigenvalue weighted by Gasteiger charge is -2.15. The third-order valence-electron chi connectivity index (χ3n) is 3.20. The molecule has 0 radical (unpaired) electrons. The minimum atomic E-state index is -3.72. The smallest absolute Gasteiger partial charge is 0.244 e. The maximum Gasteiger partial charge on any atom is 0.244 e. The van der Waals surface area contributed by atoms with E-state index in [1.165, 1.54) is 20.3 Å². The van der Waals surface area contributed by atoms with Crippen molar-refractivity contribution in [3.8, 4) is 11.5 Å². The van der Waals surface area contributed by atoms with Gasteiger partial charge in [0.2, 0.25) is 10.0 Å². The molecule has 1 aromatic heterocycles. The second-order valence-electron chi connectivity index (χ2n) is 4.57. The molecule has 1 N–H and O–H groups in total. The second kappa shape index (κ2) is 6.76. The molecule has 0 spiro atoms. The van der Waals surface area contributed by atoms with E-state index in [1.807, 2.05) is 0 Å². The first-order valence-corrected chi connectivity index (χ1v) is 8.09. The highest BCUT2D eigenvalue weighted by atomic mass is 32.2. The first-order chi connectivity index (χ1) is 10.5. The van der Waals surface area contributed by atoms with Crippen molar-refractivity contribution in [2.75, 3.05) is 14.2 Å². The van der Waals surface area contributed by atoms with E-state index in [2.05, 4.69) is 9.71 Å². The van der Waals surface area contributed by atoms with Crippen LogP contribution in [0.2, 0.25) is 0 Å². The average Bonchev–Trinajstić information content (AvgIpc) is 2.53. The predicted octanol–water partition coefficient (Wildman–Crippen LogP) is 1.89. The number of sulfonamides is 1. The van der Waals surface area contributed by atoms with Crippen LogP contribution in [0, 0.1) is 6.92 Å².